The molecule has 0 saturated carbocycles. The molecule has 0 heterocycles. The molecule has 0 aliphatic heterocycles. The number of carbonyl (C=O) groups is 1. The van der Waals surface area contributed by atoms with Gasteiger partial charge in [0.2, 0.25) is 0 Å². The molecule has 6 nitrogen and oxygen atoms in total. The van der Waals surface area contributed by atoms with Gasteiger partial charge in [0.25, 0.3) is 15.9 Å². The first-order chi connectivity index (χ1) is 13.8. The van der Waals surface area contributed by atoms with Gasteiger partial charge in [-0.05, 0) is 60.5 Å². The molecule has 0 saturated heterocycles. The van der Waals surface area contributed by atoms with Crippen LogP contribution in [0.2, 0.25) is 0 Å². The van der Waals surface area contributed by atoms with E-state index in [1.165, 1.54) is 6.07 Å². The zero-order valence-electron chi connectivity index (χ0n) is 16.6. The van der Waals surface area contributed by atoms with Crippen LogP contribution < -0.4 is 14.8 Å². The molecular formula is C22H24N2O4S. The highest BCUT2D eigenvalue weighted by Gasteiger charge is 2.19. The Morgan fingerprint density at radius 2 is 1.72 bits per heavy atom. The Kier molecular flexibility index (Phi) is 6.08. The van der Waals surface area contributed by atoms with Crippen molar-refractivity contribution in [1.29, 1.82) is 0 Å². The summed E-state index contributed by atoms with van der Waals surface area (Å²) in [4.78, 5) is 12.7. The molecule has 0 fully saturated rings. The molecule has 1 atom stereocenters. The summed E-state index contributed by atoms with van der Waals surface area (Å²) in [7, 11) is -2.29. The summed E-state index contributed by atoms with van der Waals surface area (Å²) in [5, 5.41) is 4.51. The molecule has 29 heavy (non-hydrogen) atoms. The van der Waals surface area contributed by atoms with Gasteiger partial charge in [0, 0.05) is 6.04 Å². The van der Waals surface area contributed by atoms with Gasteiger partial charge in [-0.15, -0.1) is 0 Å². The van der Waals surface area contributed by atoms with Crippen molar-refractivity contribution in [3.63, 3.8) is 0 Å². The lowest BCUT2D eigenvalue weighted by molar-refractivity contribution is 0.0940. The Morgan fingerprint density at radius 3 is 2.45 bits per heavy atom. The van der Waals surface area contributed by atoms with E-state index in [0.717, 1.165) is 17.2 Å². The molecule has 1 amide bonds. The smallest absolute Gasteiger partial charge is 0.261 e. The highest BCUT2D eigenvalue weighted by Crippen LogP contribution is 2.26. The van der Waals surface area contributed by atoms with Crippen molar-refractivity contribution in [1.82, 2.24) is 5.32 Å². The van der Waals surface area contributed by atoms with E-state index in [2.05, 4.69) is 10.0 Å². The number of methoxy groups -OCH3 is 1. The van der Waals surface area contributed by atoms with Crippen LogP contribution in [0.5, 0.6) is 5.75 Å². The number of hydrogen-bond acceptors (Lipinski definition) is 4. The molecule has 3 aromatic carbocycles. The zero-order valence-corrected chi connectivity index (χ0v) is 17.4. The Labute approximate surface area is 170 Å². The maximum atomic E-state index is 13.0. The summed E-state index contributed by atoms with van der Waals surface area (Å²) >= 11 is 0. The maximum absolute atomic E-state index is 13.0. The van der Waals surface area contributed by atoms with Crippen molar-refractivity contribution >= 4 is 32.4 Å². The molecule has 0 bridgehead atoms. The largest absolute Gasteiger partial charge is 0.497 e. The van der Waals surface area contributed by atoms with E-state index in [-0.39, 0.29) is 28.1 Å². The molecule has 7 heteroatoms. The first-order valence-electron chi connectivity index (χ1n) is 9.34. The van der Waals surface area contributed by atoms with Gasteiger partial charge in [-0.25, -0.2) is 8.42 Å². The van der Waals surface area contributed by atoms with Crippen LogP contribution in [-0.2, 0) is 10.0 Å². The van der Waals surface area contributed by atoms with E-state index < -0.39 is 10.0 Å². The van der Waals surface area contributed by atoms with Gasteiger partial charge in [0.1, 0.15) is 5.75 Å². The van der Waals surface area contributed by atoms with Crippen molar-refractivity contribution in [3.8, 4) is 5.75 Å². The summed E-state index contributed by atoms with van der Waals surface area (Å²) in [5.74, 6) is 0.385. The first-order valence-corrected chi connectivity index (χ1v) is 10.8. The minimum absolute atomic E-state index is 0.00959. The second kappa shape index (κ2) is 8.53. The van der Waals surface area contributed by atoms with Crippen LogP contribution in [0.3, 0.4) is 0 Å². The molecule has 152 valence electrons. The third-order valence-electron chi connectivity index (χ3n) is 4.74. The highest BCUT2D eigenvalue weighted by molar-refractivity contribution is 7.92. The van der Waals surface area contributed by atoms with E-state index >= 15 is 0 Å². The van der Waals surface area contributed by atoms with Gasteiger partial charge in [-0.2, -0.15) is 0 Å². The number of fused-ring (bicyclic) bond motifs is 1. The monoisotopic (exact) mass is 412 g/mol. The van der Waals surface area contributed by atoms with Gasteiger partial charge < -0.3 is 10.1 Å². The average Bonchev–Trinajstić information content (AvgIpc) is 2.72. The third kappa shape index (κ3) is 4.68. The van der Waals surface area contributed by atoms with E-state index in [1.54, 1.807) is 55.6 Å². The molecule has 0 aliphatic carbocycles. The molecule has 0 aromatic heterocycles. The topological polar surface area (TPSA) is 84.5 Å². The van der Waals surface area contributed by atoms with Crippen LogP contribution in [0, 0.1) is 0 Å². The molecule has 3 aromatic rings. The van der Waals surface area contributed by atoms with Gasteiger partial charge >= 0.3 is 0 Å². The number of nitrogens with one attached hydrogen (secondary N) is 2. The minimum atomic E-state index is -3.87. The molecule has 1 unspecified atom stereocenters. The predicted molar refractivity (Wildman–Crippen MR) is 115 cm³/mol. The Morgan fingerprint density at radius 1 is 1.03 bits per heavy atom. The Bertz CT molecular complexity index is 1140. The van der Waals surface area contributed by atoms with Crippen LogP contribution in [-0.4, -0.2) is 27.5 Å². The molecule has 0 aliphatic rings. The average molecular weight is 413 g/mol. The molecule has 3 rings (SSSR count). The zero-order chi connectivity index (χ0) is 21.0. The fourth-order valence-corrected chi connectivity index (χ4v) is 3.99. The lowest BCUT2D eigenvalue weighted by Crippen LogP contribution is -2.32. The van der Waals surface area contributed by atoms with Gasteiger partial charge in [-0.1, -0.05) is 31.2 Å². The summed E-state index contributed by atoms with van der Waals surface area (Å²) in [6.45, 7) is 3.86. The van der Waals surface area contributed by atoms with Crippen LogP contribution >= 0.6 is 0 Å². The van der Waals surface area contributed by atoms with Crippen LogP contribution in [0.4, 0.5) is 5.69 Å². The summed E-state index contributed by atoms with van der Waals surface area (Å²) in [6.07, 6.45) is 0.779. The number of ether oxygens (including phenoxy) is 1. The Hall–Kier alpha value is -3.06. The predicted octanol–water partition coefficient (Wildman–Crippen LogP) is 4.18. The SMILES string of the molecule is CCC(C)NC(=O)c1ccccc1NS(=O)(=O)c1ccc2cc(OC)ccc2c1. The van der Waals surface area contributed by atoms with Crippen LogP contribution in [0.1, 0.15) is 30.6 Å². The number of para-hydroxylation sites is 1. The van der Waals surface area contributed by atoms with Gasteiger partial charge in [0.15, 0.2) is 0 Å². The highest BCUT2D eigenvalue weighted by atomic mass is 32.2. The van der Waals surface area contributed by atoms with E-state index in [9.17, 15) is 13.2 Å². The summed E-state index contributed by atoms with van der Waals surface area (Å²) in [5.41, 5.74) is 0.519. The van der Waals surface area contributed by atoms with Crippen LogP contribution in [0.25, 0.3) is 10.8 Å². The molecular weight excluding hydrogens is 388 g/mol. The molecule has 0 spiro atoms. The Balaban J connectivity index is 1.92. The van der Waals surface area contributed by atoms with E-state index in [4.69, 9.17) is 4.74 Å². The molecule has 0 radical (unpaired) electrons. The van der Waals surface area contributed by atoms with Crippen molar-refractivity contribution in [2.45, 2.75) is 31.2 Å². The maximum Gasteiger partial charge on any atom is 0.261 e. The second-order valence-electron chi connectivity index (χ2n) is 6.81. The quantitative estimate of drug-likeness (QED) is 0.610. The van der Waals surface area contributed by atoms with Crippen molar-refractivity contribution in [3.05, 3.63) is 66.2 Å². The van der Waals surface area contributed by atoms with Gasteiger partial charge in [0.05, 0.1) is 23.3 Å². The fraction of sp³-hybridized carbons (Fsp3) is 0.227. The second-order valence-corrected chi connectivity index (χ2v) is 8.49. The lowest BCUT2D eigenvalue weighted by Gasteiger charge is -2.15. The van der Waals surface area contributed by atoms with E-state index in [0.29, 0.717) is 5.75 Å². The molecule has 2 N–H and O–H groups in total. The normalized spacial score (nSPS) is 12.4. The minimum Gasteiger partial charge on any atom is -0.497 e. The van der Waals surface area contributed by atoms with E-state index in [1.807, 2.05) is 19.9 Å². The number of amides is 1. The number of hydrogen-bond donors (Lipinski definition) is 2. The third-order valence-corrected chi connectivity index (χ3v) is 6.10. The van der Waals surface area contributed by atoms with Crippen LogP contribution in [0.15, 0.2) is 65.6 Å². The number of anilines is 1. The first kappa shape index (κ1) is 20.7. The summed E-state index contributed by atoms with van der Waals surface area (Å²) < 4.78 is 33.7. The number of sulfonamides is 1. The number of carbonyl (C=O) groups excluding carboxylic acids is 1. The lowest BCUT2D eigenvalue weighted by atomic mass is 10.1. The van der Waals surface area contributed by atoms with Crippen molar-refractivity contribution in [2.24, 2.45) is 0 Å². The number of benzene rings is 3. The standard InChI is InChI=1S/C22H24N2O4S/c1-4-15(2)23-22(25)20-7-5-6-8-21(20)24-29(26,27)19-12-10-16-13-18(28-3)11-9-17(16)14-19/h5-15,24H,4H2,1-3H3,(H,23,25). The van der Waals surface area contributed by atoms with Crippen molar-refractivity contribution < 1.29 is 17.9 Å². The summed E-state index contributed by atoms with van der Waals surface area (Å²) in [6, 6.07) is 16.8. The van der Waals surface area contributed by atoms with Crippen molar-refractivity contribution in [2.75, 3.05) is 11.8 Å². The fourth-order valence-electron chi connectivity index (χ4n) is 2.87. The number of rotatable bonds is 7. The van der Waals surface area contributed by atoms with Gasteiger partial charge in [-0.3, -0.25) is 9.52 Å².